The number of amides is 1. The monoisotopic (exact) mass is 550 g/mol. The molecule has 3 atom stereocenters. The van der Waals surface area contributed by atoms with Crippen LogP contribution in [0.2, 0.25) is 0 Å². The van der Waals surface area contributed by atoms with Crippen LogP contribution in [0.25, 0.3) is 0 Å². The minimum atomic E-state index is -1.08. The summed E-state index contributed by atoms with van der Waals surface area (Å²) < 4.78 is 20.1. The second kappa shape index (κ2) is 11.2. The van der Waals surface area contributed by atoms with Crippen molar-refractivity contribution in [1.29, 1.82) is 0 Å². The average Bonchev–Trinajstić information content (AvgIpc) is 2.83. The third-order valence-electron chi connectivity index (χ3n) is 5.69. The van der Waals surface area contributed by atoms with Crippen LogP contribution in [0.15, 0.2) is 35.5 Å². The van der Waals surface area contributed by atoms with Crippen molar-refractivity contribution in [2.24, 2.45) is 11.3 Å². The van der Waals surface area contributed by atoms with Crippen molar-refractivity contribution in [1.82, 2.24) is 4.90 Å². The van der Waals surface area contributed by atoms with Crippen molar-refractivity contribution >= 4 is 46.6 Å². The molecule has 204 valence electrons. The lowest BCUT2D eigenvalue weighted by atomic mass is 9.91. The molecule has 0 N–H and O–H groups in total. The number of nitrogens with zero attached hydrogens (tertiary/aromatic N) is 2. The van der Waals surface area contributed by atoms with Gasteiger partial charge < -0.3 is 18.9 Å². The second-order valence-corrected chi connectivity index (χ2v) is 10.6. The molecule has 2 aliphatic heterocycles. The number of fused-ring (bicyclic) bond motifs is 1. The minimum absolute atomic E-state index is 0.00118. The smallest absolute Gasteiger partial charge is 0.430 e. The Kier molecular flexibility index (Phi) is 8.44. The summed E-state index contributed by atoms with van der Waals surface area (Å²) in [6.45, 7) is 6.79. The van der Waals surface area contributed by atoms with Gasteiger partial charge in [-0.25, -0.2) is 9.59 Å². The van der Waals surface area contributed by atoms with Crippen molar-refractivity contribution in [3.8, 4) is 0 Å². The van der Waals surface area contributed by atoms with Gasteiger partial charge in [-0.2, -0.15) is 0 Å². The molecule has 1 aromatic carbocycles. The van der Waals surface area contributed by atoms with Gasteiger partial charge in [0.15, 0.2) is 0 Å². The second-order valence-electron chi connectivity index (χ2n) is 9.52. The molecule has 0 aliphatic carbocycles. The lowest BCUT2D eigenvalue weighted by Gasteiger charge is -2.50. The molecule has 0 bridgehead atoms. The summed E-state index contributed by atoms with van der Waals surface area (Å²) in [5.41, 5.74) is -0.710. The van der Waals surface area contributed by atoms with Crippen molar-refractivity contribution < 1.29 is 47.8 Å². The van der Waals surface area contributed by atoms with Gasteiger partial charge in [0.25, 0.3) is 5.69 Å². The summed E-state index contributed by atoms with van der Waals surface area (Å²) in [6, 6.07) is 5.37. The Hall–Kier alpha value is -3.94. The lowest BCUT2D eigenvalue weighted by molar-refractivity contribution is -0.384. The Labute approximate surface area is 221 Å². The van der Waals surface area contributed by atoms with Crippen LogP contribution in [0.5, 0.6) is 0 Å². The third-order valence-corrected chi connectivity index (χ3v) is 6.96. The first-order chi connectivity index (χ1) is 17.7. The van der Waals surface area contributed by atoms with E-state index in [1.165, 1.54) is 38.1 Å². The van der Waals surface area contributed by atoms with Crippen molar-refractivity contribution in [2.75, 3.05) is 6.79 Å². The fourth-order valence-corrected chi connectivity index (χ4v) is 4.84. The zero-order valence-electron chi connectivity index (χ0n) is 21.2. The lowest BCUT2D eigenvalue weighted by Crippen LogP contribution is -2.65. The molecule has 0 saturated carbocycles. The number of non-ortho nitro benzene ring substituents is 1. The highest BCUT2D eigenvalue weighted by Gasteiger charge is 2.58. The summed E-state index contributed by atoms with van der Waals surface area (Å²) in [4.78, 5) is 73.5. The van der Waals surface area contributed by atoms with E-state index in [0.717, 1.165) is 16.7 Å². The molecule has 1 aromatic rings. The van der Waals surface area contributed by atoms with E-state index in [1.54, 1.807) is 20.8 Å². The van der Waals surface area contributed by atoms with Gasteiger partial charge in [-0.15, -0.1) is 0 Å². The number of carbonyl (C=O) groups is 5. The Morgan fingerprint density at radius 2 is 1.74 bits per heavy atom. The van der Waals surface area contributed by atoms with E-state index in [9.17, 15) is 34.1 Å². The molecule has 0 spiro atoms. The molecule has 0 aromatic heterocycles. The number of ether oxygens (including phenoxy) is 4. The molecule has 0 unspecified atom stereocenters. The first kappa shape index (κ1) is 28.6. The number of rotatable bonds is 8. The number of thioether (sulfide) groups is 1. The zero-order chi connectivity index (χ0) is 28.4. The van der Waals surface area contributed by atoms with Crippen LogP contribution in [0, 0.1) is 21.4 Å². The first-order valence-electron chi connectivity index (χ1n) is 11.4. The quantitative estimate of drug-likeness (QED) is 0.153. The minimum Gasteiger partial charge on any atom is -0.430 e. The van der Waals surface area contributed by atoms with Crippen molar-refractivity contribution in [2.45, 2.75) is 52.7 Å². The summed E-state index contributed by atoms with van der Waals surface area (Å²) in [6.07, 6.45) is -2.09. The molecule has 0 radical (unpaired) electrons. The van der Waals surface area contributed by atoms with Crippen LogP contribution in [0.1, 0.15) is 40.2 Å². The molecule has 1 amide bonds. The van der Waals surface area contributed by atoms with E-state index >= 15 is 0 Å². The predicted molar refractivity (Wildman–Crippen MR) is 130 cm³/mol. The number of nitro benzene ring substituents is 1. The van der Waals surface area contributed by atoms with Gasteiger partial charge >= 0.3 is 18.1 Å². The number of β-lactam (4-membered cyclic amide) rings is 1. The van der Waals surface area contributed by atoms with Crippen LogP contribution >= 0.6 is 11.8 Å². The Morgan fingerprint density at radius 3 is 2.32 bits per heavy atom. The molecule has 2 aliphatic rings. The molecule has 1 fully saturated rings. The molecule has 13 nitrogen and oxygen atoms in total. The highest BCUT2D eigenvalue weighted by atomic mass is 32.2. The topological polar surface area (TPSA) is 169 Å². The standard InChI is InChI=1S/C24H26N2O11S/c1-12-17(20(28)35-11-36-22(30)24(3,4)5)25-18(27)16(19(25)38-21(12)29)13(2)37-23(31)34-10-14-6-8-15(9-7-14)26(32)33/h6-9,13,16,19H,10-11H2,1-5H3/t13-,16+,19+/m1/s1. The van der Waals surface area contributed by atoms with E-state index in [-0.39, 0.29) is 23.6 Å². The summed E-state index contributed by atoms with van der Waals surface area (Å²) in [7, 11) is 0. The normalized spacial score (nSPS) is 19.7. The van der Waals surface area contributed by atoms with E-state index in [0.29, 0.717) is 5.56 Å². The van der Waals surface area contributed by atoms with Crippen LogP contribution < -0.4 is 0 Å². The number of esters is 2. The largest absolute Gasteiger partial charge is 0.508 e. The fourth-order valence-electron chi connectivity index (χ4n) is 3.55. The Morgan fingerprint density at radius 1 is 1.11 bits per heavy atom. The van der Waals surface area contributed by atoms with E-state index in [2.05, 4.69) is 0 Å². The zero-order valence-corrected chi connectivity index (χ0v) is 22.1. The van der Waals surface area contributed by atoms with E-state index < -0.39 is 63.6 Å². The highest BCUT2D eigenvalue weighted by Crippen LogP contribution is 2.46. The maximum Gasteiger partial charge on any atom is 0.508 e. The SMILES string of the molecule is CC1=C(C(=O)OCOC(=O)C(C)(C)C)N2C(=O)[C@H]([C@@H](C)OC(=O)OCc3ccc([N+](=O)[O-])cc3)[C@@H]2SC1=O. The van der Waals surface area contributed by atoms with Crippen molar-refractivity contribution in [3.05, 3.63) is 51.2 Å². The highest BCUT2D eigenvalue weighted by molar-refractivity contribution is 8.14. The van der Waals surface area contributed by atoms with Crippen LogP contribution in [-0.2, 0) is 44.7 Å². The Balaban J connectivity index is 1.58. The predicted octanol–water partition coefficient (Wildman–Crippen LogP) is 3.06. The van der Waals surface area contributed by atoms with Crippen LogP contribution in [0.4, 0.5) is 10.5 Å². The van der Waals surface area contributed by atoms with Gasteiger partial charge in [-0.3, -0.25) is 29.4 Å². The molecule has 2 heterocycles. The molecule has 14 heteroatoms. The molecular weight excluding hydrogens is 524 g/mol. The number of benzene rings is 1. The van der Waals surface area contributed by atoms with Gasteiger partial charge in [0.05, 0.1) is 10.3 Å². The molecule has 3 rings (SSSR count). The van der Waals surface area contributed by atoms with Crippen LogP contribution in [0.3, 0.4) is 0 Å². The fraction of sp³-hybridized carbons (Fsp3) is 0.458. The van der Waals surface area contributed by atoms with E-state index in [4.69, 9.17) is 18.9 Å². The maximum absolute atomic E-state index is 13.0. The molecule has 38 heavy (non-hydrogen) atoms. The average molecular weight is 551 g/mol. The van der Waals surface area contributed by atoms with E-state index in [1.807, 2.05) is 0 Å². The Bertz CT molecular complexity index is 1200. The van der Waals surface area contributed by atoms with Gasteiger partial charge in [-0.1, -0.05) is 11.8 Å². The first-order valence-corrected chi connectivity index (χ1v) is 12.3. The molecule has 1 saturated heterocycles. The number of hydrogen-bond acceptors (Lipinski definition) is 12. The number of nitro groups is 1. The van der Waals surface area contributed by atoms with Gasteiger partial charge in [-0.05, 0) is 52.3 Å². The number of carbonyl (C=O) groups excluding carboxylic acids is 5. The molecular formula is C24H26N2O11S. The summed E-state index contributed by atoms with van der Waals surface area (Å²) in [5.74, 6) is -3.12. The van der Waals surface area contributed by atoms with Gasteiger partial charge in [0.2, 0.25) is 17.8 Å². The summed E-state index contributed by atoms with van der Waals surface area (Å²) in [5, 5.41) is 9.44. The van der Waals surface area contributed by atoms with Gasteiger partial charge in [0.1, 0.15) is 29.7 Å². The third kappa shape index (κ3) is 6.13. The maximum atomic E-state index is 13.0. The van der Waals surface area contributed by atoms with Crippen molar-refractivity contribution in [3.63, 3.8) is 0 Å². The summed E-state index contributed by atoms with van der Waals surface area (Å²) >= 11 is 0.807. The number of hydrogen-bond donors (Lipinski definition) is 0. The van der Waals surface area contributed by atoms with Crippen LogP contribution in [-0.4, -0.2) is 57.2 Å². The van der Waals surface area contributed by atoms with Gasteiger partial charge in [0, 0.05) is 17.7 Å².